The van der Waals surface area contributed by atoms with E-state index < -0.39 is 41.8 Å². The van der Waals surface area contributed by atoms with Gasteiger partial charge in [0.25, 0.3) is 5.91 Å². The molecule has 1 heterocycles. The zero-order valence-electron chi connectivity index (χ0n) is 21.1. The van der Waals surface area contributed by atoms with Gasteiger partial charge in [-0.2, -0.15) is 0 Å². The van der Waals surface area contributed by atoms with Gasteiger partial charge in [-0.3, -0.25) is 19.2 Å². The average Bonchev–Trinajstić information content (AvgIpc) is 3.34. The maximum absolute atomic E-state index is 13.3. The van der Waals surface area contributed by atoms with Crippen LogP contribution in [-0.2, 0) is 20.9 Å². The molecule has 2 aromatic carbocycles. The molecule has 1 aliphatic carbocycles. The summed E-state index contributed by atoms with van der Waals surface area (Å²) >= 11 is 0. The van der Waals surface area contributed by atoms with E-state index in [0.717, 1.165) is 5.56 Å². The van der Waals surface area contributed by atoms with E-state index in [0.29, 0.717) is 17.4 Å². The molecule has 10 heteroatoms. The topological polar surface area (TPSA) is 142 Å². The number of methoxy groups -OCH3 is 1. The van der Waals surface area contributed by atoms with Gasteiger partial charge in [0.2, 0.25) is 11.7 Å². The van der Waals surface area contributed by atoms with E-state index in [1.54, 1.807) is 37.3 Å². The SMILES string of the molecule is CCC(=O)C(=O)N(Cc1ccccc1)[C@@H]1C=C(C(=O)NCCO)[C@@H]2c3cc(C=O)cc(OC)c3O[C@@H]2[C@H]1O. The fourth-order valence-corrected chi connectivity index (χ4v) is 4.96. The van der Waals surface area contributed by atoms with Gasteiger partial charge in [0.05, 0.1) is 25.7 Å². The molecular formula is C28H30N2O8. The molecular weight excluding hydrogens is 492 g/mol. The Morgan fingerprint density at radius 1 is 1.18 bits per heavy atom. The number of aliphatic hydroxyl groups is 2. The molecule has 0 spiro atoms. The summed E-state index contributed by atoms with van der Waals surface area (Å²) in [5, 5.41) is 23.5. The first-order chi connectivity index (χ1) is 18.3. The van der Waals surface area contributed by atoms with Gasteiger partial charge in [-0.15, -0.1) is 0 Å². The molecule has 0 radical (unpaired) electrons. The second kappa shape index (κ2) is 11.6. The van der Waals surface area contributed by atoms with Crippen molar-refractivity contribution in [1.29, 1.82) is 0 Å². The highest BCUT2D eigenvalue weighted by atomic mass is 16.5. The van der Waals surface area contributed by atoms with Crippen molar-refractivity contribution in [2.75, 3.05) is 20.3 Å². The van der Waals surface area contributed by atoms with E-state index in [4.69, 9.17) is 9.47 Å². The van der Waals surface area contributed by atoms with E-state index in [1.807, 2.05) is 6.07 Å². The second-order valence-electron chi connectivity index (χ2n) is 9.10. The summed E-state index contributed by atoms with van der Waals surface area (Å²) in [7, 11) is 1.41. The second-order valence-corrected chi connectivity index (χ2v) is 9.10. The highest BCUT2D eigenvalue weighted by Crippen LogP contribution is 2.51. The number of carbonyl (C=O) groups is 4. The molecule has 2 amide bonds. The van der Waals surface area contributed by atoms with Gasteiger partial charge in [-0.25, -0.2) is 0 Å². The van der Waals surface area contributed by atoms with Crippen LogP contribution in [-0.4, -0.2) is 77.5 Å². The Morgan fingerprint density at radius 2 is 1.92 bits per heavy atom. The largest absolute Gasteiger partial charge is 0.493 e. The van der Waals surface area contributed by atoms with Gasteiger partial charge >= 0.3 is 0 Å². The Kier molecular flexibility index (Phi) is 8.23. The molecule has 38 heavy (non-hydrogen) atoms. The van der Waals surface area contributed by atoms with Crippen molar-refractivity contribution in [3.05, 3.63) is 70.8 Å². The number of rotatable bonds is 10. The minimum Gasteiger partial charge on any atom is -0.493 e. The van der Waals surface area contributed by atoms with E-state index in [9.17, 15) is 29.4 Å². The van der Waals surface area contributed by atoms with Crippen molar-refractivity contribution >= 4 is 23.9 Å². The Hall–Kier alpha value is -4.02. The molecule has 0 bridgehead atoms. The quantitative estimate of drug-likeness (QED) is 0.312. The number of ether oxygens (including phenoxy) is 2. The predicted molar refractivity (Wildman–Crippen MR) is 136 cm³/mol. The summed E-state index contributed by atoms with van der Waals surface area (Å²) in [6.07, 6.45) is -0.262. The van der Waals surface area contributed by atoms with E-state index in [1.165, 1.54) is 24.2 Å². The molecule has 0 fully saturated rings. The van der Waals surface area contributed by atoms with Crippen LogP contribution in [0.2, 0.25) is 0 Å². The minimum atomic E-state index is -1.33. The first-order valence-electron chi connectivity index (χ1n) is 12.3. The van der Waals surface area contributed by atoms with Crippen molar-refractivity contribution in [2.24, 2.45) is 0 Å². The smallest absolute Gasteiger partial charge is 0.290 e. The number of amides is 2. The lowest BCUT2D eigenvalue weighted by molar-refractivity contribution is -0.148. The van der Waals surface area contributed by atoms with Crippen LogP contribution in [0, 0.1) is 0 Å². The van der Waals surface area contributed by atoms with Gasteiger partial charge < -0.3 is 29.9 Å². The minimum absolute atomic E-state index is 0.0120. The fourth-order valence-electron chi connectivity index (χ4n) is 4.96. The monoisotopic (exact) mass is 522 g/mol. The number of benzene rings is 2. The summed E-state index contributed by atoms with van der Waals surface area (Å²) in [5.74, 6) is -2.22. The molecule has 10 nitrogen and oxygen atoms in total. The molecule has 2 aromatic rings. The van der Waals surface area contributed by atoms with E-state index >= 15 is 0 Å². The number of hydrogen-bond donors (Lipinski definition) is 3. The maximum atomic E-state index is 13.3. The molecule has 0 aromatic heterocycles. The fraction of sp³-hybridized carbons (Fsp3) is 0.357. The normalized spacial score (nSPS) is 21.3. The van der Waals surface area contributed by atoms with E-state index in [-0.39, 0.29) is 43.2 Å². The van der Waals surface area contributed by atoms with Gasteiger partial charge in [0, 0.05) is 36.2 Å². The van der Waals surface area contributed by atoms with Gasteiger partial charge in [0.15, 0.2) is 11.5 Å². The lowest BCUT2D eigenvalue weighted by Gasteiger charge is -2.40. The van der Waals surface area contributed by atoms with Gasteiger partial charge in [-0.1, -0.05) is 37.3 Å². The third-order valence-corrected chi connectivity index (χ3v) is 6.79. The number of aliphatic hydroxyl groups excluding tert-OH is 2. The first-order valence-corrected chi connectivity index (χ1v) is 12.3. The average molecular weight is 523 g/mol. The number of carbonyl (C=O) groups excluding carboxylic acids is 4. The molecule has 1 aliphatic heterocycles. The molecule has 2 aliphatic rings. The van der Waals surface area contributed by atoms with E-state index in [2.05, 4.69) is 5.32 Å². The Bertz CT molecular complexity index is 1260. The van der Waals surface area contributed by atoms with Crippen molar-refractivity contribution in [3.8, 4) is 11.5 Å². The molecule has 4 atom stereocenters. The summed E-state index contributed by atoms with van der Waals surface area (Å²) in [6.45, 7) is 1.27. The lowest BCUT2D eigenvalue weighted by atomic mass is 9.77. The number of nitrogens with one attached hydrogen (secondary N) is 1. The van der Waals surface area contributed by atoms with Crippen molar-refractivity contribution in [2.45, 2.75) is 44.1 Å². The van der Waals surface area contributed by atoms with Gasteiger partial charge in [0.1, 0.15) is 18.5 Å². The van der Waals surface area contributed by atoms with Crippen LogP contribution in [0.1, 0.15) is 40.7 Å². The zero-order valence-corrected chi connectivity index (χ0v) is 21.1. The molecule has 0 saturated carbocycles. The Balaban J connectivity index is 1.84. The molecule has 3 N–H and O–H groups in total. The first kappa shape index (κ1) is 27.0. The number of nitrogens with zero attached hydrogens (tertiary/aromatic N) is 1. The summed E-state index contributed by atoms with van der Waals surface area (Å²) < 4.78 is 11.6. The van der Waals surface area contributed by atoms with Crippen LogP contribution in [0.3, 0.4) is 0 Å². The highest BCUT2D eigenvalue weighted by molar-refractivity contribution is 6.36. The molecule has 4 rings (SSSR count). The molecule has 0 unspecified atom stereocenters. The lowest BCUT2D eigenvalue weighted by Crippen LogP contribution is -2.56. The van der Waals surface area contributed by atoms with Gasteiger partial charge in [-0.05, 0) is 23.8 Å². The van der Waals surface area contributed by atoms with Crippen LogP contribution in [0.5, 0.6) is 11.5 Å². The predicted octanol–water partition coefficient (Wildman–Crippen LogP) is 1.14. The van der Waals surface area contributed by atoms with Crippen molar-refractivity contribution in [1.82, 2.24) is 10.2 Å². The number of Topliss-reactive ketones (excluding diaryl/α,β-unsaturated/α-hetero) is 1. The van der Waals surface area contributed by atoms with Crippen molar-refractivity contribution in [3.63, 3.8) is 0 Å². The summed E-state index contributed by atoms with van der Waals surface area (Å²) in [6, 6.07) is 11.0. The van der Waals surface area contributed by atoms with Crippen LogP contribution in [0.25, 0.3) is 0 Å². The molecule has 0 saturated heterocycles. The third kappa shape index (κ3) is 5.05. The summed E-state index contributed by atoms with van der Waals surface area (Å²) in [4.78, 5) is 52.0. The number of ketones is 1. The summed E-state index contributed by atoms with van der Waals surface area (Å²) in [5.41, 5.74) is 1.68. The van der Waals surface area contributed by atoms with Crippen molar-refractivity contribution < 1.29 is 38.9 Å². The highest BCUT2D eigenvalue weighted by Gasteiger charge is 2.51. The Labute approximate surface area is 219 Å². The van der Waals surface area contributed by atoms with Crippen LogP contribution in [0.15, 0.2) is 54.1 Å². The third-order valence-electron chi connectivity index (χ3n) is 6.79. The number of hydrogen-bond acceptors (Lipinski definition) is 8. The molecule has 200 valence electrons. The van der Waals surface area contributed by atoms with Crippen LogP contribution >= 0.6 is 0 Å². The number of fused-ring (bicyclic) bond motifs is 3. The Morgan fingerprint density at radius 3 is 2.55 bits per heavy atom. The number of aldehydes is 1. The zero-order chi connectivity index (χ0) is 27.4. The standard InChI is InChI=1S/C28H30N2O8/c1-3-21(33)28(36)30(14-16-7-5-4-6-8-16)20-13-19(27(35)29-9-10-31)23-18-11-17(15-32)12-22(37-2)25(18)38-26(23)24(20)34/h4-8,11-13,15,20,23-24,26,31,34H,3,9-10,14H2,1-2H3,(H,29,35)/t20-,23+,24+,26+/m1/s1. The maximum Gasteiger partial charge on any atom is 0.290 e. The van der Waals surface area contributed by atoms with Crippen LogP contribution in [0.4, 0.5) is 0 Å². The van der Waals surface area contributed by atoms with Crippen LogP contribution < -0.4 is 14.8 Å².